The highest BCUT2D eigenvalue weighted by molar-refractivity contribution is 6.00. The highest BCUT2D eigenvalue weighted by atomic mass is 19.4. The van der Waals surface area contributed by atoms with E-state index in [0.29, 0.717) is 18.8 Å². The van der Waals surface area contributed by atoms with E-state index >= 15 is 0 Å². The van der Waals surface area contributed by atoms with Crippen LogP contribution in [0.2, 0.25) is 0 Å². The van der Waals surface area contributed by atoms with Crippen LogP contribution in [0.25, 0.3) is 0 Å². The molecule has 0 bridgehead atoms. The van der Waals surface area contributed by atoms with Gasteiger partial charge in [-0.3, -0.25) is 5.41 Å². The summed E-state index contributed by atoms with van der Waals surface area (Å²) in [5.41, 5.74) is 5.22. The number of anilines is 1. The maximum atomic E-state index is 12.7. The predicted octanol–water partition coefficient (Wildman–Crippen LogP) is 2.60. The number of nitrogens with one attached hydrogen (secondary N) is 1. The first-order valence-electron chi connectivity index (χ1n) is 6.67. The van der Waals surface area contributed by atoms with Gasteiger partial charge < -0.3 is 15.4 Å². The van der Waals surface area contributed by atoms with Crippen LogP contribution in [0.15, 0.2) is 18.2 Å². The van der Waals surface area contributed by atoms with E-state index in [9.17, 15) is 13.2 Å². The third-order valence-corrected chi connectivity index (χ3v) is 3.53. The van der Waals surface area contributed by atoms with Gasteiger partial charge in [0.05, 0.1) is 11.7 Å². The summed E-state index contributed by atoms with van der Waals surface area (Å²) in [4.78, 5) is 1.78. The number of benzene rings is 1. The molecular formula is C14H18F3N3O. The third kappa shape index (κ3) is 3.66. The Bertz CT molecular complexity index is 525. The maximum Gasteiger partial charge on any atom is 0.416 e. The Morgan fingerprint density at radius 1 is 1.48 bits per heavy atom. The van der Waals surface area contributed by atoms with Gasteiger partial charge >= 0.3 is 6.18 Å². The molecule has 0 aromatic heterocycles. The van der Waals surface area contributed by atoms with Crippen molar-refractivity contribution in [1.82, 2.24) is 0 Å². The van der Waals surface area contributed by atoms with E-state index in [1.54, 1.807) is 11.9 Å². The van der Waals surface area contributed by atoms with Gasteiger partial charge in [-0.25, -0.2) is 0 Å². The normalized spacial score (nSPS) is 18.8. The largest absolute Gasteiger partial charge is 0.416 e. The van der Waals surface area contributed by atoms with Gasteiger partial charge in [0.25, 0.3) is 0 Å². The second kappa shape index (κ2) is 5.93. The first kappa shape index (κ1) is 15.6. The van der Waals surface area contributed by atoms with Crippen LogP contribution < -0.4 is 10.6 Å². The Hall–Kier alpha value is -1.76. The van der Waals surface area contributed by atoms with Gasteiger partial charge in [-0.15, -0.1) is 0 Å². The van der Waals surface area contributed by atoms with Crippen molar-refractivity contribution < 1.29 is 17.9 Å². The molecule has 1 aromatic carbocycles. The average Bonchev–Trinajstić information content (AvgIpc) is 2.89. The lowest BCUT2D eigenvalue weighted by Crippen LogP contribution is -2.30. The van der Waals surface area contributed by atoms with E-state index in [0.717, 1.165) is 25.0 Å². The lowest BCUT2D eigenvalue weighted by Gasteiger charge is -2.25. The lowest BCUT2D eigenvalue weighted by molar-refractivity contribution is -0.137. The molecule has 1 aliphatic rings. The SMILES string of the molecule is CN(CC1CCCO1)c1ccc(C(F)(F)F)cc1C(=N)N. The summed E-state index contributed by atoms with van der Waals surface area (Å²) >= 11 is 0. The van der Waals surface area contributed by atoms with Crippen LogP contribution in [0.5, 0.6) is 0 Å². The number of hydrogen-bond acceptors (Lipinski definition) is 3. The lowest BCUT2D eigenvalue weighted by atomic mass is 10.1. The number of amidine groups is 1. The summed E-state index contributed by atoms with van der Waals surface area (Å²) in [7, 11) is 1.76. The monoisotopic (exact) mass is 301 g/mol. The number of rotatable bonds is 4. The number of nitrogens with zero attached hydrogens (tertiary/aromatic N) is 1. The smallest absolute Gasteiger partial charge is 0.384 e. The third-order valence-electron chi connectivity index (χ3n) is 3.53. The van der Waals surface area contributed by atoms with E-state index in [-0.39, 0.29) is 17.5 Å². The summed E-state index contributed by atoms with van der Waals surface area (Å²) in [5.74, 6) is -0.379. The van der Waals surface area contributed by atoms with E-state index in [1.165, 1.54) is 6.07 Å². The van der Waals surface area contributed by atoms with Gasteiger partial charge in [-0.1, -0.05) is 0 Å². The quantitative estimate of drug-likeness (QED) is 0.664. The molecule has 0 spiro atoms. The molecule has 1 unspecified atom stereocenters. The molecule has 21 heavy (non-hydrogen) atoms. The molecule has 4 nitrogen and oxygen atoms in total. The van der Waals surface area contributed by atoms with Crippen LogP contribution in [-0.4, -0.2) is 32.1 Å². The van der Waals surface area contributed by atoms with E-state index < -0.39 is 11.7 Å². The summed E-state index contributed by atoms with van der Waals surface area (Å²) < 4.78 is 43.8. The van der Waals surface area contributed by atoms with E-state index in [1.807, 2.05) is 0 Å². The summed E-state index contributed by atoms with van der Waals surface area (Å²) in [6, 6.07) is 3.28. The topological polar surface area (TPSA) is 62.3 Å². The van der Waals surface area contributed by atoms with Crippen LogP contribution in [0, 0.1) is 5.41 Å². The van der Waals surface area contributed by atoms with Gasteiger partial charge in [0.2, 0.25) is 0 Å². The minimum atomic E-state index is -4.45. The summed E-state index contributed by atoms with van der Waals surface area (Å²) in [6.45, 7) is 1.27. The Morgan fingerprint density at radius 3 is 2.71 bits per heavy atom. The molecule has 3 N–H and O–H groups in total. The van der Waals surface area contributed by atoms with Gasteiger partial charge in [0.15, 0.2) is 0 Å². The van der Waals surface area contributed by atoms with Crippen molar-refractivity contribution in [1.29, 1.82) is 5.41 Å². The highest BCUT2D eigenvalue weighted by Crippen LogP contribution is 2.32. The Labute approximate surface area is 121 Å². The summed E-state index contributed by atoms with van der Waals surface area (Å²) in [5, 5.41) is 7.51. The van der Waals surface area contributed by atoms with Gasteiger partial charge in [-0.05, 0) is 31.0 Å². The second-order valence-electron chi connectivity index (χ2n) is 5.16. The van der Waals surface area contributed by atoms with Crippen molar-refractivity contribution >= 4 is 11.5 Å². The minimum absolute atomic E-state index is 0.0668. The maximum absolute atomic E-state index is 12.7. The number of halogens is 3. The number of ether oxygens (including phenoxy) is 1. The second-order valence-corrected chi connectivity index (χ2v) is 5.16. The number of hydrogen-bond donors (Lipinski definition) is 2. The van der Waals surface area contributed by atoms with E-state index in [4.69, 9.17) is 15.9 Å². The van der Waals surface area contributed by atoms with Crippen molar-refractivity contribution in [3.8, 4) is 0 Å². The van der Waals surface area contributed by atoms with Crippen molar-refractivity contribution in [3.05, 3.63) is 29.3 Å². The van der Waals surface area contributed by atoms with Crippen molar-refractivity contribution in [2.45, 2.75) is 25.1 Å². The molecule has 1 heterocycles. The fourth-order valence-electron chi connectivity index (χ4n) is 2.45. The number of nitrogen functional groups attached to an aromatic ring is 1. The van der Waals surface area contributed by atoms with Gasteiger partial charge in [0.1, 0.15) is 5.84 Å². The van der Waals surface area contributed by atoms with Crippen LogP contribution in [0.4, 0.5) is 18.9 Å². The predicted molar refractivity (Wildman–Crippen MR) is 74.7 cm³/mol. The average molecular weight is 301 g/mol. The van der Waals surface area contributed by atoms with Crippen LogP contribution in [0.3, 0.4) is 0 Å². The Morgan fingerprint density at radius 2 is 2.19 bits per heavy atom. The van der Waals surface area contributed by atoms with Crippen LogP contribution >= 0.6 is 0 Å². The highest BCUT2D eigenvalue weighted by Gasteiger charge is 2.31. The van der Waals surface area contributed by atoms with Crippen molar-refractivity contribution in [2.24, 2.45) is 5.73 Å². The molecule has 0 saturated carbocycles. The first-order chi connectivity index (χ1) is 9.79. The molecule has 0 aliphatic carbocycles. The molecule has 0 radical (unpaired) electrons. The molecule has 1 saturated heterocycles. The molecule has 1 aliphatic heterocycles. The molecule has 2 rings (SSSR count). The number of alkyl halides is 3. The molecule has 116 valence electrons. The van der Waals surface area contributed by atoms with Crippen molar-refractivity contribution in [3.63, 3.8) is 0 Å². The van der Waals surface area contributed by atoms with Crippen LogP contribution in [0.1, 0.15) is 24.0 Å². The molecular weight excluding hydrogens is 283 g/mol. The molecule has 1 atom stereocenters. The molecule has 1 aromatic rings. The Kier molecular flexibility index (Phi) is 4.41. The zero-order chi connectivity index (χ0) is 15.6. The number of likely N-dealkylation sites (N-methyl/N-ethyl adjacent to an activating group) is 1. The van der Waals surface area contributed by atoms with E-state index in [2.05, 4.69) is 0 Å². The van der Waals surface area contributed by atoms with Crippen LogP contribution in [-0.2, 0) is 10.9 Å². The fourth-order valence-corrected chi connectivity index (χ4v) is 2.45. The van der Waals surface area contributed by atoms with Gasteiger partial charge in [-0.2, -0.15) is 13.2 Å². The Balaban J connectivity index is 2.27. The zero-order valence-electron chi connectivity index (χ0n) is 11.7. The zero-order valence-corrected chi connectivity index (χ0v) is 11.7. The number of nitrogens with two attached hydrogens (primary N) is 1. The first-order valence-corrected chi connectivity index (χ1v) is 6.67. The van der Waals surface area contributed by atoms with Gasteiger partial charge in [0, 0.05) is 31.5 Å². The molecule has 0 amide bonds. The standard InChI is InChI=1S/C14H18F3N3O/c1-20(8-10-3-2-6-21-10)12-5-4-9(14(15,16)17)7-11(12)13(18)19/h4-5,7,10H,2-3,6,8H2,1H3,(H3,18,19). The minimum Gasteiger partial charge on any atom is -0.384 e. The van der Waals surface area contributed by atoms with Crippen molar-refractivity contribution in [2.75, 3.05) is 25.1 Å². The summed E-state index contributed by atoms with van der Waals surface area (Å²) in [6.07, 6.45) is -2.46. The molecule has 1 fully saturated rings. The molecule has 7 heteroatoms. The fraction of sp³-hybridized carbons (Fsp3) is 0.500.